The van der Waals surface area contributed by atoms with E-state index in [1.165, 1.54) is 6.92 Å². The number of amides is 1. The van der Waals surface area contributed by atoms with E-state index in [-0.39, 0.29) is 12.3 Å². The van der Waals surface area contributed by atoms with Gasteiger partial charge in [-0.3, -0.25) is 19.7 Å². The van der Waals surface area contributed by atoms with E-state index in [4.69, 9.17) is 5.11 Å². The van der Waals surface area contributed by atoms with Crippen LogP contribution in [0.2, 0.25) is 0 Å². The average molecular weight is 242 g/mol. The Balaban J connectivity index is 2.58. The average Bonchev–Trinajstić information content (AvgIpc) is 2.74. The van der Waals surface area contributed by atoms with Crippen molar-refractivity contribution in [3.05, 3.63) is 28.0 Å². The van der Waals surface area contributed by atoms with Crippen LogP contribution in [0.1, 0.15) is 17.5 Å². The van der Waals surface area contributed by atoms with Crippen molar-refractivity contribution in [1.29, 1.82) is 0 Å². The summed E-state index contributed by atoms with van der Waals surface area (Å²) in [5, 5.41) is 21.2. The molecule has 17 heavy (non-hydrogen) atoms. The highest BCUT2D eigenvalue weighted by atomic mass is 16.6. The van der Waals surface area contributed by atoms with Gasteiger partial charge in [0, 0.05) is 6.54 Å². The summed E-state index contributed by atoms with van der Waals surface area (Å²) in [4.78, 5) is 31.4. The Morgan fingerprint density at radius 1 is 1.59 bits per heavy atom. The van der Waals surface area contributed by atoms with Crippen LogP contribution in [0.3, 0.4) is 0 Å². The first kappa shape index (κ1) is 12.7. The molecule has 92 valence electrons. The van der Waals surface area contributed by atoms with Gasteiger partial charge in [-0.25, -0.2) is 0 Å². The summed E-state index contributed by atoms with van der Waals surface area (Å²) in [7, 11) is 0. The van der Waals surface area contributed by atoms with Crippen LogP contribution in [0.25, 0.3) is 0 Å². The molecule has 8 nitrogen and oxygen atoms in total. The van der Waals surface area contributed by atoms with Gasteiger partial charge >= 0.3 is 11.9 Å². The van der Waals surface area contributed by atoms with Crippen molar-refractivity contribution in [2.45, 2.75) is 6.92 Å². The van der Waals surface area contributed by atoms with Gasteiger partial charge in [0.2, 0.25) is 0 Å². The smallest absolute Gasteiger partial charge is 0.433 e. The molecular weight excluding hydrogens is 232 g/mol. The zero-order valence-electron chi connectivity index (χ0n) is 8.87. The SMILES string of the molecule is CC(CNC(=O)c1ccc([N+](=O)[O-])o1)C(=O)O. The van der Waals surface area contributed by atoms with E-state index in [0.29, 0.717) is 0 Å². The summed E-state index contributed by atoms with van der Waals surface area (Å²) in [5.41, 5.74) is 0. The van der Waals surface area contributed by atoms with Gasteiger partial charge < -0.3 is 14.8 Å². The van der Waals surface area contributed by atoms with Gasteiger partial charge in [0.15, 0.2) is 5.76 Å². The minimum atomic E-state index is -1.05. The van der Waals surface area contributed by atoms with Crippen LogP contribution in [-0.4, -0.2) is 28.5 Å². The molecule has 0 aromatic carbocycles. The zero-order chi connectivity index (χ0) is 13.0. The molecular formula is C9H10N2O6. The van der Waals surface area contributed by atoms with Gasteiger partial charge in [0.05, 0.1) is 12.0 Å². The van der Waals surface area contributed by atoms with Gasteiger partial charge in [0.1, 0.15) is 4.92 Å². The Bertz CT molecular complexity index is 452. The topological polar surface area (TPSA) is 123 Å². The van der Waals surface area contributed by atoms with Crippen LogP contribution < -0.4 is 5.32 Å². The maximum atomic E-state index is 11.4. The monoisotopic (exact) mass is 242 g/mol. The van der Waals surface area contributed by atoms with Crippen LogP contribution >= 0.6 is 0 Å². The standard InChI is InChI=1S/C9H10N2O6/c1-5(9(13)14)4-10-8(12)6-2-3-7(17-6)11(15)16/h2-3,5H,4H2,1H3,(H,10,12)(H,13,14). The second kappa shape index (κ2) is 5.10. The summed E-state index contributed by atoms with van der Waals surface area (Å²) in [6.45, 7) is 1.34. The Hall–Kier alpha value is -2.38. The van der Waals surface area contributed by atoms with Gasteiger partial charge in [-0.1, -0.05) is 6.92 Å². The van der Waals surface area contributed by atoms with Gasteiger partial charge in [-0.05, 0) is 6.07 Å². The number of aliphatic carboxylic acids is 1. The van der Waals surface area contributed by atoms with E-state index in [0.717, 1.165) is 12.1 Å². The number of nitro groups is 1. The summed E-state index contributed by atoms with van der Waals surface area (Å²) in [6.07, 6.45) is 0. The van der Waals surface area contributed by atoms with Crippen molar-refractivity contribution < 1.29 is 24.0 Å². The van der Waals surface area contributed by atoms with E-state index < -0.39 is 28.6 Å². The van der Waals surface area contributed by atoms with E-state index in [1.807, 2.05) is 0 Å². The molecule has 0 spiro atoms. The predicted molar refractivity (Wildman–Crippen MR) is 54.5 cm³/mol. The number of nitrogens with one attached hydrogen (secondary N) is 1. The Labute approximate surface area is 95.4 Å². The molecule has 1 rings (SSSR count). The molecule has 1 aromatic rings. The van der Waals surface area contributed by atoms with Crippen LogP contribution in [-0.2, 0) is 4.79 Å². The predicted octanol–water partition coefficient (Wildman–Crippen LogP) is 0.638. The van der Waals surface area contributed by atoms with Gasteiger partial charge in [0.25, 0.3) is 5.91 Å². The third-order valence-corrected chi connectivity index (χ3v) is 1.99. The molecule has 1 unspecified atom stereocenters. The number of rotatable bonds is 5. The van der Waals surface area contributed by atoms with Crippen LogP contribution in [0.15, 0.2) is 16.5 Å². The van der Waals surface area contributed by atoms with Crippen molar-refractivity contribution in [3.8, 4) is 0 Å². The third kappa shape index (κ3) is 3.30. The zero-order valence-corrected chi connectivity index (χ0v) is 8.87. The summed E-state index contributed by atoms with van der Waals surface area (Å²) in [6, 6.07) is 2.20. The van der Waals surface area contributed by atoms with Crippen molar-refractivity contribution >= 4 is 17.8 Å². The lowest BCUT2D eigenvalue weighted by Crippen LogP contribution is -2.31. The fourth-order valence-corrected chi connectivity index (χ4v) is 0.968. The maximum Gasteiger partial charge on any atom is 0.433 e. The molecule has 2 N–H and O–H groups in total. The lowest BCUT2D eigenvalue weighted by Gasteiger charge is -2.06. The van der Waals surface area contributed by atoms with E-state index >= 15 is 0 Å². The fraction of sp³-hybridized carbons (Fsp3) is 0.333. The Kier molecular flexibility index (Phi) is 3.81. The highest BCUT2D eigenvalue weighted by Crippen LogP contribution is 2.15. The van der Waals surface area contributed by atoms with Crippen LogP contribution in [0.4, 0.5) is 5.88 Å². The maximum absolute atomic E-state index is 11.4. The molecule has 8 heteroatoms. The first-order chi connectivity index (χ1) is 7.91. The van der Waals surface area contributed by atoms with Crippen molar-refractivity contribution in [3.63, 3.8) is 0 Å². The third-order valence-electron chi connectivity index (χ3n) is 1.99. The fourth-order valence-electron chi connectivity index (χ4n) is 0.968. The first-order valence-electron chi connectivity index (χ1n) is 4.67. The number of hydrogen-bond donors (Lipinski definition) is 2. The van der Waals surface area contributed by atoms with Crippen LogP contribution in [0, 0.1) is 16.0 Å². The highest BCUT2D eigenvalue weighted by Gasteiger charge is 2.18. The Morgan fingerprint density at radius 3 is 2.71 bits per heavy atom. The van der Waals surface area contributed by atoms with Gasteiger partial charge in [-0.15, -0.1) is 0 Å². The molecule has 1 atom stereocenters. The number of nitrogens with zero attached hydrogens (tertiary/aromatic N) is 1. The van der Waals surface area contributed by atoms with Crippen LogP contribution in [0.5, 0.6) is 0 Å². The summed E-state index contributed by atoms with van der Waals surface area (Å²) in [5.74, 6) is -3.25. The molecule has 0 fully saturated rings. The van der Waals surface area contributed by atoms with Crippen molar-refractivity contribution in [2.75, 3.05) is 6.54 Å². The molecule has 0 aliphatic rings. The molecule has 1 aromatic heterocycles. The number of hydrogen-bond acceptors (Lipinski definition) is 5. The highest BCUT2D eigenvalue weighted by molar-refractivity contribution is 5.91. The molecule has 0 aliphatic carbocycles. The second-order valence-corrected chi connectivity index (χ2v) is 3.34. The normalized spacial score (nSPS) is 11.8. The summed E-state index contributed by atoms with van der Waals surface area (Å²) < 4.78 is 4.64. The molecule has 0 saturated carbocycles. The lowest BCUT2D eigenvalue weighted by molar-refractivity contribution is -0.402. The molecule has 0 saturated heterocycles. The van der Waals surface area contributed by atoms with Crippen molar-refractivity contribution in [1.82, 2.24) is 5.32 Å². The second-order valence-electron chi connectivity index (χ2n) is 3.34. The molecule has 0 radical (unpaired) electrons. The first-order valence-corrected chi connectivity index (χ1v) is 4.67. The van der Waals surface area contributed by atoms with E-state index in [2.05, 4.69) is 9.73 Å². The summed E-state index contributed by atoms with van der Waals surface area (Å²) >= 11 is 0. The largest absolute Gasteiger partial charge is 0.481 e. The van der Waals surface area contributed by atoms with E-state index in [1.54, 1.807) is 0 Å². The number of carboxylic acid groups (broad SMARTS) is 1. The minimum absolute atomic E-state index is 0.0807. The molecule has 0 bridgehead atoms. The number of furan rings is 1. The minimum Gasteiger partial charge on any atom is -0.481 e. The van der Waals surface area contributed by atoms with E-state index in [9.17, 15) is 19.7 Å². The molecule has 1 heterocycles. The van der Waals surface area contributed by atoms with Crippen molar-refractivity contribution in [2.24, 2.45) is 5.92 Å². The number of carbonyl (C=O) groups is 2. The number of carbonyl (C=O) groups excluding carboxylic acids is 1. The quantitative estimate of drug-likeness (QED) is 0.576. The molecule has 0 aliphatic heterocycles. The Morgan fingerprint density at radius 2 is 2.24 bits per heavy atom. The number of carboxylic acids is 1. The molecule has 1 amide bonds. The lowest BCUT2D eigenvalue weighted by atomic mass is 10.2. The van der Waals surface area contributed by atoms with Gasteiger partial charge in [-0.2, -0.15) is 0 Å².